The van der Waals surface area contributed by atoms with Crippen molar-refractivity contribution < 1.29 is 4.74 Å². The summed E-state index contributed by atoms with van der Waals surface area (Å²) in [6.07, 6.45) is 1.12. The van der Waals surface area contributed by atoms with Crippen LogP contribution in [0.5, 0.6) is 0 Å². The zero-order chi connectivity index (χ0) is 16.3. The summed E-state index contributed by atoms with van der Waals surface area (Å²) in [5.74, 6) is 1.56. The summed E-state index contributed by atoms with van der Waals surface area (Å²) in [4.78, 5) is 6.84. The van der Waals surface area contributed by atoms with Gasteiger partial charge >= 0.3 is 0 Å². The van der Waals surface area contributed by atoms with Gasteiger partial charge in [0.25, 0.3) is 0 Å². The lowest BCUT2D eigenvalue weighted by molar-refractivity contribution is 0.128. The van der Waals surface area contributed by atoms with Gasteiger partial charge in [-0.25, -0.2) is 0 Å². The normalized spacial score (nSPS) is 12.5. The minimum atomic E-state index is 0. The van der Waals surface area contributed by atoms with Crippen LogP contribution < -0.4 is 10.6 Å². The third-order valence-electron chi connectivity index (χ3n) is 3.56. The smallest absolute Gasteiger partial charge is 0.191 e. The Kier molecular flexibility index (Phi) is 14.7. The van der Waals surface area contributed by atoms with E-state index in [0.29, 0.717) is 12.5 Å². The van der Waals surface area contributed by atoms with Gasteiger partial charge in [0, 0.05) is 25.2 Å². The van der Waals surface area contributed by atoms with Gasteiger partial charge in [0.1, 0.15) is 0 Å². The molecule has 134 valence electrons. The molecule has 0 amide bonds. The van der Waals surface area contributed by atoms with Gasteiger partial charge in [0.2, 0.25) is 0 Å². The molecule has 0 saturated heterocycles. The van der Waals surface area contributed by atoms with Crippen molar-refractivity contribution in [3.63, 3.8) is 0 Å². The number of halogens is 1. The van der Waals surface area contributed by atoms with Crippen molar-refractivity contribution in [3.8, 4) is 0 Å². The highest BCUT2D eigenvalue weighted by Crippen LogP contribution is 2.09. The van der Waals surface area contributed by atoms with Gasteiger partial charge in [-0.3, -0.25) is 4.99 Å². The molecular weight excluding hydrogens is 391 g/mol. The lowest BCUT2D eigenvalue weighted by atomic mass is 10.1. The van der Waals surface area contributed by atoms with Gasteiger partial charge in [-0.15, -0.1) is 24.0 Å². The number of rotatable bonds is 10. The molecule has 0 aliphatic rings. The Labute approximate surface area is 154 Å². The van der Waals surface area contributed by atoms with Gasteiger partial charge in [-0.1, -0.05) is 13.8 Å². The minimum Gasteiger partial charge on any atom is -0.380 e. The summed E-state index contributed by atoms with van der Waals surface area (Å²) in [5.41, 5.74) is 0.0517. The highest BCUT2D eigenvalue weighted by atomic mass is 127. The molecule has 0 radical (unpaired) electrons. The van der Waals surface area contributed by atoms with E-state index >= 15 is 0 Å². The van der Waals surface area contributed by atoms with Crippen LogP contribution in [0.15, 0.2) is 4.99 Å². The minimum absolute atomic E-state index is 0. The first kappa shape index (κ1) is 24.2. The van der Waals surface area contributed by atoms with Crippen LogP contribution in [0.4, 0.5) is 0 Å². The standard InChI is InChI=1S/C16H36N4O.HI/c1-8-17-15(19-13-16(4,5)20(6)7)18-10-12-21-11-9-14(2)3;/h14H,8-13H2,1-7H3,(H2,17,18,19);1H. The topological polar surface area (TPSA) is 48.9 Å². The van der Waals surface area contributed by atoms with Crippen LogP contribution in [0.25, 0.3) is 0 Å². The van der Waals surface area contributed by atoms with E-state index in [0.717, 1.165) is 38.6 Å². The maximum Gasteiger partial charge on any atom is 0.191 e. The number of nitrogens with one attached hydrogen (secondary N) is 2. The lowest BCUT2D eigenvalue weighted by Crippen LogP contribution is -2.44. The first-order chi connectivity index (χ1) is 9.79. The van der Waals surface area contributed by atoms with E-state index in [2.05, 4.69) is 69.2 Å². The quantitative estimate of drug-likeness (QED) is 0.243. The fourth-order valence-corrected chi connectivity index (χ4v) is 1.42. The predicted molar refractivity (Wildman–Crippen MR) is 107 cm³/mol. The molecule has 22 heavy (non-hydrogen) atoms. The highest BCUT2D eigenvalue weighted by molar-refractivity contribution is 14.0. The maximum absolute atomic E-state index is 5.60. The van der Waals surface area contributed by atoms with Crippen molar-refractivity contribution >= 4 is 29.9 Å². The second kappa shape index (κ2) is 13.4. The molecular formula is C16H37IN4O. The zero-order valence-corrected chi connectivity index (χ0v) is 17.9. The van der Waals surface area contributed by atoms with Crippen LogP contribution in [0.1, 0.15) is 41.0 Å². The Hall–Kier alpha value is -0.0800. The fraction of sp³-hybridized carbons (Fsp3) is 0.938. The first-order valence-electron chi connectivity index (χ1n) is 8.07. The molecule has 0 rings (SSSR count). The molecule has 2 N–H and O–H groups in total. The number of likely N-dealkylation sites (N-methyl/N-ethyl adjacent to an activating group) is 1. The fourth-order valence-electron chi connectivity index (χ4n) is 1.42. The maximum atomic E-state index is 5.60. The number of ether oxygens (including phenoxy) is 1. The van der Waals surface area contributed by atoms with Crippen molar-refractivity contribution in [1.82, 2.24) is 15.5 Å². The second-order valence-electron chi connectivity index (χ2n) is 6.62. The molecule has 0 bridgehead atoms. The average Bonchev–Trinajstić information content (AvgIpc) is 2.39. The van der Waals surface area contributed by atoms with Crippen LogP contribution in [0.3, 0.4) is 0 Å². The Bertz CT molecular complexity index is 294. The molecule has 0 aromatic heterocycles. The molecule has 5 nitrogen and oxygen atoms in total. The molecule has 0 fully saturated rings. The molecule has 0 unspecified atom stereocenters. The van der Waals surface area contributed by atoms with Crippen molar-refractivity contribution in [2.45, 2.75) is 46.6 Å². The average molecular weight is 428 g/mol. The largest absolute Gasteiger partial charge is 0.380 e. The SMILES string of the molecule is CCNC(=NCC(C)(C)N(C)C)NCCOCCC(C)C.I. The number of aliphatic imine (C=N–C) groups is 1. The monoisotopic (exact) mass is 428 g/mol. The van der Waals surface area contributed by atoms with Crippen LogP contribution in [0.2, 0.25) is 0 Å². The Morgan fingerprint density at radius 1 is 1.18 bits per heavy atom. The predicted octanol–water partition coefficient (Wildman–Crippen LogP) is 2.56. The Morgan fingerprint density at radius 2 is 1.82 bits per heavy atom. The second-order valence-corrected chi connectivity index (χ2v) is 6.62. The molecule has 0 atom stereocenters. The number of guanidine groups is 1. The van der Waals surface area contributed by atoms with Crippen molar-refractivity contribution in [1.29, 1.82) is 0 Å². The van der Waals surface area contributed by atoms with Crippen molar-refractivity contribution in [2.75, 3.05) is 46.9 Å². The molecule has 0 saturated carbocycles. The summed E-state index contributed by atoms with van der Waals surface area (Å²) < 4.78 is 5.60. The van der Waals surface area contributed by atoms with Crippen LogP contribution >= 0.6 is 24.0 Å². The molecule has 0 heterocycles. The zero-order valence-electron chi connectivity index (χ0n) is 15.5. The number of hydrogen-bond acceptors (Lipinski definition) is 3. The van der Waals surface area contributed by atoms with Crippen LogP contribution in [-0.2, 0) is 4.74 Å². The molecule has 0 aromatic rings. The third kappa shape index (κ3) is 12.5. The first-order valence-corrected chi connectivity index (χ1v) is 8.07. The number of hydrogen-bond donors (Lipinski definition) is 2. The molecule has 0 aliphatic carbocycles. The molecule has 6 heteroatoms. The third-order valence-corrected chi connectivity index (χ3v) is 3.56. The van der Waals surface area contributed by atoms with E-state index in [1.165, 1.54) is 0 Å². The number of nitrogens with zero attached hydrogens (tertiary/aromatic N) is 2. The summed E-state index contributed by atoms with van der Waals surface area (Å²) in [7, 11) is 4.16. The van der Waals surface area contributed by atoms with E-state index in [9.17, 15) is 0 Å². The molecule has 0 aromatic carbocycles. The Morgan fingerprint density at radius 3 is 2.32 bits per heavy atom. The van der Waals surface area contributed by atoms with Gasteiger partial charge in [-0.2, -0.15) is 0 Å². The summed E-state index contributed by atoms with van der Waals surface area (Å²) in [6.45, 7) is 14.8. The van der Waals surface area contributed by atoms with Crippen molar-refractivity contribution in [2.24, 2.45) is 10.9 Å². The lowest BCUT2D eigenvalue weighted by Gasteiger charge is -2.31. The molecule has 0 spiro atoms. The van der Waals surface area contributed by atoms with E-state index < -0.39 is 0 Å². The van der Waals surface area contributed by atoms with Gasteiger partial charge in [0.05, 0.1) is 13.2 Å². The summed E-state index contributed by atoms with van der Waals surface area (Å²) in [6, 6.07) is 0. The van der Waals surface area contributed by atoms with E-state index in [1.54, 1.807) is 0 Å². The highest BCUT2D eigenvalue weighted by Gasteiger charge is 2.19. The van der Waals surface area contributed by atoms with Crippen LogP contribution in [-0.4, -0.2) is 63.3 Å². The van der Waals surface area contributed by atoms with E-state index in [-0.39, 0.29) is 29.5 Å². The van der Waals surface area contributed by atoms with E-state index in [1.807, 2.05) is 0 Å². The van der Waals surface area contributed by atoms with Gasteiger partial charge in [0.15, 0.2) is 5.96 Å². The Balaban J connectivity index is 0. The summed E-state index contributed by atoms with van der Waals surface area (Å²) in [5, 5.41) is 6.58. The van der Waals surface area contributed by atoms with Gasteiger partial charge < -0.3 is 20.3 Å². The summed E-state index contributed by atoms with van der Waals surface area (Å²) >= 11 is 0. The van der Waals surface area contributed by atoms with E-state index in [4.69, 9.17) is 4.74 Å². The van der Waals surface area contributed by atoms with Crippen LogP contribution in [0, 0.1) is 5.92 Å². The van der Waals surface area contributed by atoms with Crippen molar-refractivity contribution in [3.05, 3.63) is 0 Å². The molecule has 0 aliphatic heterocycles. The van der Waals surface area contributed by atoms with Gasteiger partial charge in [-0.05, 0) is 47.2 Å².